The minimum absolute atomic E-state index is 0.0279. The summed E-state index contributed by atoms with van der Waals surface area (Å²) in [5.74, 6) is 0.754. The van der Waals surface area contributed by atoms with Gasteiger partial charge in [-0.25, -0.2) is 0 Å². The van der Waals surface area contributed by atoms with Gasteiger partial charge < -0.3 is 4.74 Å². The van der Waals surface area contributed by atoms with Crippen LogP contribution in [0.2, 0.25) is 0 Å². The van der Waals surface area contributed by atoms with E-state index in [1.165, 1.54) is 0 Å². The van der Waals surface area contributed by atoms with E-state index in [-0.39, 0.29) is 5.91 Å². The number of amides is 1. The average Bonchev–Trinajstić information content (AvgIpc) is 3.23. The van der Waals surface area contributed by atoms with E-state index in [0.29, 0.717) is 12.2 Å². The lowest BCUT2D eigenvalue weighted by Gasteiger charge is -2.43. The number of rotatable bonds is 4. The number of carbonyl (C=O) groups is 1. The number of fused-ring (bicyclic) bond motifs is 3. The molecule has 2 heterocycles. The first-order valence-electron chi connectivity index (χ1n) is 10.8. The first-order valence-corrected chi connectivity index (χ1v) is 13.4. The summed E-state index contributed by atoms with van der Waals surface area (Å²) >= 11 is 5.73. The molecule has 6 heteroatoms. The van der Waals surface area contributed by atoms with Crippen molar-refractivity contribution in [2.24, 2.45) is 0 Å². The maximum Gasteiger partial charge on any atom is 0.259 e. The van der Waals surface area contributed by atoms with Crippen LogP contribution < -0.4 is 9.64 Å². The molecule has 0 N–H and O–H groups in total. The number of carbonyl (C=O) groups excluding carboxylic acids is 1. The van der Waals surface area contributed by atoms with E-state index in [0.717, 1.165) is 42.4 Å². The highest BCUT2D eigenvalue weighted by atomic mass is 32.9. The molecule has 0 saturated heterocycles. The van der Waals surface area contributed by atoms with Crippen molar-refractivity contribution in [3.05, 3.63) is 87.1 Å². The van der Waals surface area contributed by atoms with Gasteiger partial charge >= 0.3 is 0 Å². The van der Waals surface area contributed by atoms with Crippen LogP contribution in [-0.4, -0.2) is 12.5 Å². The van der Waals surface area contributed by atoms with Crippen LogP contribution in [0.4, 0.5) is 5.69 Å². The van der Waals surface area contributed by atoms with Crippen molar-refractivity contribution in [1.82, 2.24) is 0 Å². The summed E-state index contributed by atoms with van der Waals surface area (Å²) in [6, 6.07) is 23.8. The van der Waals surface area contributed by atoms with Gasteiger partial charge in [0.1, 0.15) is 9.57 Å². The molecule has 0 saturated carbocycles. The van der Waals surface area contributed by atoms with E-state index < -0.39 is 5.54 Å². The summed E-state index contributed by atoms with van der Waals surface area (Å²) in [7, 11) is 3.25. The number of anilines is 1. The Morgan fingerprint density at radius 3 is 2.45 bits per heavy atom. The smallest absolute Gasteiger partial charge is 0.259 e. The lowest BCUT2D eigenvalue weighted by atomic mass is 9.86. The first-order chi connectivity index (χ1) is 15.9. The molecule has 0 radical (unpaired) electrons. The predicted octanol–water partition coefficient (Wildman–Crippen LogP) is 8.17. The maximum absolute atomic E-state index is 14.3. The lowest BCUT2D eigenvalue weighted by molar-refractivity contribution is 0.0962. The Morgan fingerprint density at radius 1 is 0.970 bits per heavy atom. The molecular weight excluding hydrogens is 467 g/mol. The second-order valence-electron chi connectivity index (χ2n) is 8.38. The van der Waals surface area contributed by atoms with Gasteiger partial charge in [0.25, 0.3) is 5.91 Å². The lowest BCUT2D eigenvalue weighted by Crippen LogP contribution is -2.48. The molecule has 0 unspecified atom stereocenters. The molecule has 1 aliphatic rings. The number of benzene rings is 3. The van der Waals surface area contributed by atoms with E-state index in [4.69, 9.17) is 17.0 Å². The zero-order valence-corrected chi connectivity index (χ0v) is 21.1. The van der Waals surface area contributed by atoms with Crippen molar-refractivity contribution in [2.75, 3.05) is 11.5 Å². The van der Waals surface area contributed by atoms with Crippen LogP contribution in [0.3, 0.4) is 0 Å². The molecule has 1 amide bonds. The van der Waals surface area contributed by atoms with Gasteiger partial charge in [0.2, 0.25) is 0 Å². The van der Waals surface area contributed by atoms with Gasteiger partial charge in [0.15, 0.2) is 0 Å². The van der Waals surface area contributed by atoms with Crippen LogP contribution in [-0.2, 0) is 5.54 Å². The topological polar surface area (TPSA) is 29.5 Å². The van der Waals surface area contributed by atoms with Crippen molar-refractivity contribution in [2.45, 2.75) is 26.3 Å². The second-order valence-corrected chi connectivity index (χ2v) is 11.2. The third-order valence-corrected chi connectivity index (χ3v) is 9.31. The SMILES string of the molecule is CCOc1ccc2c(c1)-c1c(ssc1=S)C(C)(C)N2C(=O)c1ccccc1-c1ccccc1. The summed E-state index contributed by atoms with van der Waals surface area (Å²) in [5.41, 5.74) is 4.96. The largest absolute Gasteiger partial charge is 0.494 e. The highest BCUT2D eigenvalue weighted by Gasteiger charge is 2.43. The van der Waals surface area contributed by atoms with Crippen LogP contribution in [0.25, 0.3) is 22.3 Å². The summed E-state index contributed by atoms with van der Waals surface area (Å²) < 4.78 is 6.64. The second kappa shape index (κ2) is 8.52. The molecule has 3 nitrogen and oxygen atoms in total. The van der Waals surface area contributed by atoms with E-state index in [2.05, 4.69) is 13.8 Å². The van der Waals surface area contributed by atoms with Crippen LogP contribution in [0.15, 0.2) is 72.8 Å². The Hall–Kier alpha value is -2.80. The Bertz CT molecular complexity index is 1400. The molecule has 1 aliphatic heterocycles. The van der Waals surface area contributed by atoms with Crippen molar-refractivity contribution in [3.8, 4) is 28.0 Å². The fraction of sp³-hybridized carbons (Fsp3) is 0.185. The van der Waals surface area contributed by atoms with Gasteiger partial charge in [-0.05, 0) is 56.2 Å². The summed E-state index contributed by atoms with van der Waals surface area (Å²) in [6.07, 6.45) is 0. The van der Waals surface area contributed by atoms with Crippen LogP contribution in [0.1, 0.15) is 36.0 Å². The van der Waals surface area contributed by atoms with E-state index in [1.54, 1.807) is 20.7 Å². The van der Waals surface area contributed by atoms with Gasteiger partial charge in [-0.15, -0.1) is 0 Å². The molecule has 166 valence electrons. The number of hydrogen-bond acceptors (Lipinski definition) is 5. The molecule has 3 aromatic carbocycles. The van der Waals surface area contributed by atoms with Crippen LogP contribution >= 0.6 is 32.9 Å². The monoisotopic (exact) mass is 489 g/mol. The van der Waals surface area contributed by atoms with Gasteiger partial charge in [-0.3, -0.25) is 9.69 Å². The van der Waals surface area contributed by atoms with Crippen molar-refractivity contribution < 1.29 is 9.53 Å². The van der Waals surface area contributed by atoms with Gasteiger partial charge in [0, 0.05) is 16.7 Å². The summed E-state index contributed by atoms with van der Waals surface area (Å²) in [5, 5.41) is 0. The normalized spacial score (nSPS) is 13.8. The zero-order chi connectivity index (χ0) is 23.2. The highest BCUT2D eigenvalue weighted by Crippen LogP contribution is 2.53. The Morgan fingerprint density at radius 2 is 1.70 bits per heavy atom. The van der Waals surface area contributed by atoms with E-state index in [1.807, 2.05) is 84.6 Å². The maximum atomic E-state index is 14.3. The van der Waals surface area contributed by atoms with Gasteiger partial charge in [-0.1, -0.05) is 81.4 Å². The number of ether oxygens (including phenoxy) is 1. The molecule has 1 aromatic heterocycles. The molecule has 0 fully saturated rings. The quantitative estimate of drug-likeness (QED) is 0.214. The van der Waals surface area contributed by atoms with Crippen LogP contribution in [0, 0.1) is 3.82 Å². The predicted molar refractivity (Wildman–Crippen MR) is 141 cm³/mol. The molecule has 0 aliphatic carbocycles. The molecule has 4 aromatic rings. The third-order valence-electron chi connectivity index (χ3n) is 5.98. The average molecular weight is 490 g/mol. The Kier molecular flexibility index (Phi) is 5.69. The standard InChI is InChI=1S/C27H23NO2S3/c1-4-30-18-14-15-22-21(16-18)23-24(32-33-26(23)31)27(2,3)28(22)25(29)20-13-9-8-12-19(20)17-10-6-5-7-11-17/h5-16H,4H2,1-3H3. The van der Waals surface area contributed by atoms with Crippen molar-refractivity contribution in [1.29, 1.82) is 0 Å². The molecular formula is C27H23NO2S3. The minimum Gasteiger partial charge on any atom is -0.494 e. The third kappa shape index (κ3) is 3.62. The number of nitrogens with zero attached hydrogens (tertiary/aromatic N) is 1. The summed E-state index contributed by atoms with van der Waals surface area (Å²) in [6.45, 7) is 6.76. The highest BCUT2D eigenvalue weighted by molar-refractivity contribution is 7.80. The Labute approximate surface area is 206 Å². The number of hydrogen-bond donors (Lipinski definition) is 0. The molecule has 0 spiro atoms. The fourth-order valence-corrected chi connectivity index (χ4v) is 7.77. The zero-order valence-electron chi connectivity index (χ0n) is 18.6. The molecule has 0 bridgehead atoms. The molecule has 0 atom stereocenters. The van der Waals surface area contributed by atoms with Gasteiger partial charge in [-0.2, -0.15) is 0 Å². The van der Waals surface area contributed by atoms with E-state index >= 15 is 0 Å². The van der Waals surface area contributed by atoms with Crippen LogP contribution in [0.5, 0.6) is 5.75 Å². The van der Waals surface area contributed by atoms with Crippen molar-refractivity contribution >= 4 is 44.5 Å². The fourth-order valence-electron chi connectivity index (χ4n) is 4.49. The molecule has 5 rings (SSSR count). The minimum atomic E-state index is -0.547. The van der Waals surface area contributed by atoms with E-state index in [9.17, 15) is 4.79 Å². The Balaban J connectivity index is 1.72. The summed E-state index contributed by atoms with van der Waals surface area (Å²) in [4.78, 5) is 17.3. The first kappa shape index (κ1) is 22.0. The van der Waals surface area contributed by atoms with Gasteiger partial charge in [0.05, 0.1) is 22.7 Å². The molecule has 33 heavy (non-hydrogen) atoms. The van der Waals surface area contributed by atoms with Crippen molar-refractivity contribution in [3.63, 3.8) is 0 Å².